The number of allylic oxidation sites excluding steroid dienone is 1. The largest absolute Gasteiger partial charge is 0.478 e. The topological polar surface area (TPSA) is 37.3 Å². The fraction of sp³-hybridized carbons (Fsp3) is 0.400. The molecule has 0 aliphatic heterocycles. The van der Waals surface area contributed by atoms with E-state index in [1.165, 1.54) is 6.08 Å². The van der Waals surface area contributed by atoms with Gasteiger partial charge in [0.05, 0.1) is 0 Å². The van der Waals surface area contributed by atoms with Crippen LogP contribution in [0.15, 0.2) is 11.6 Å². The zero-order chi connectivity index (χ0) is 6.57. The van der Waals surface area contributed by atoms with Gasteiger partial charge in [-0.25, -0.2) is 4.79 Å². The Balaban J connectivity index is 3.75. The second-order valence-corrected chi connectivity index (χ2v) is 2.23. The van der Waals surface area contributed by atoms with Crippen molar-refractivity contribution >= 4 is 28.6 Å². The molecule has 0 atom stereocenters. The molecule has 0 bridgehead atoms. The van der Waals surface area contributed by atoms with Crippen LogP contribution in [0, 0.1) is 0 Å². The first kappa shape index (κ1) is 7.94. The van der Waals surface area contributed by atoms with E-state index in [0.717, 1.165) is 10.0 Å². The molecule has 46 valence electrons. The molecular formula is C5H7IO2. The SMILES string of the molecule is C/C(=C/C(=O)O)CI. The highest BCUT2D eigenvalue weighted by Gasteiger charge is 1.88. The molecule has 0 unspecified atom stereocenters. The molecule has 1 N–H and O–H groups in total. The molecule has 0 spiro atoms. The molecule has 8 heavy (non-hydrogen) atoms. The van der Waals surface area contributed by atoms with Crippen LogP contribution >= 0.6 is 22.6 Å². The summed E-state index contributed by atoms with van der Waals surface area (Å²) < 4.78 is 0.782. The first-order chi connectivity index (χ1) is 3.66. The molecule has 0 saturated carbocycles. The minimum Gasteiger partial charge on any atom is -0.478 e. The van der Waals surface area contributed by atoms with Crippen molar-refractivity contribution in [3.05, 3.63) is 11.6 Å². The molecule has 0 aliphatic rings. The van der Waals surface area contributed by atoms with Crippen LogP contribution in [-0.4, -0.2) is 15.5 Å². The van der Waals surface area contributed by atoms with E-state index in [0.29, 0.717) is 0 Å². The smallest absolute Gasteiger partial charge is 0.328 e. The van der Waals surface area contributed by atoms with Gasteiger partial charge in [-0.3, -0.25) is 0 Å². The first-order valence-corrected chi connectivity index (χ1v) is 3.65. The third-order valence-electron chi connectivity index (χ3n) is 0.581. The Morgan fingerprint density at radius 3 is 2.50 bits per heavy atom. The Labute approximate surface area is 61.7 Å². The van der Waals surface area contributed by atoms with Gasteiger partial charge in [0.15, 0.2) is 0 Å². The minimum absolute atomic E-state index is 0.782. The van der Waals surface area contributed by atoms with Crippen LogP contribution in [0.5, 0.6) is 0 Å². The van der Waals surface area contributed by atoms with Gasteiger partial charge < -0.3 is 5.11 Å². The maximum Gasteiger partial charge on any atom is 0.328 e. The van der Waals surface area contributed by atoms with Crippen molar-refractivity contribution in [1.29, 1.82) is 0 Å². The van der Waals surface area contributed by atoms with Crippen molar-refractivity contribution in [2.45, 2.75) is 6.92 Å². The van der Waals surface area contributed by atoms with Crippen LogP contribution in [0.4, 0.5) is 0 Å². The third-order valence-corrected chi connectivity index (χ3v) is 1.78. The van der Waals surface area contributed by atoms with E-state index < -0.39 is 5.97 Å². The molecular weight excluding hydrogens is 219 g/mol. The molecule has 2 nitrogen and oxygen atoms in total. The molecule has 0 aliphatic carbocycles. The lowest BCUT2D eigenvalue weighted by Crippen LogP contribution is -1.89. The lowest BCUT2D eigenvalue weighted by molar-refractivity contribution is -0.131. The maximum absolute atomic E-state index is 9.89. The monoisotopic (exact) mass is 226 g/mol. The lowest BCUT2D eigenvalue weighted by Gasteiger charge is -1.86. The number of aliphatic carboxylic acids is 1. The summed E-state index contributed by atoms with van der Waals surface area (Å²) in [6, 6.07) is 0. The van der Waals surface area contributed by atoms with E-state index in [1.807, 2.05) is 0 Å². The molecule has 0 rings (SSSR count). The third kappa shape index (κ3) is 4.11. The fourth-order valence-electron chi connectivity index (χ4n) is 0.249. The Morgan fingerprint density at radius 2 is 2.38 bits per heavy atom. The number of halogens is 1. The summed E-state index contributed by atoms with van der Waals surface area (Å²) in [5.74, 6) is -0.862. The normalized spacial score (nSPS) is 11.5. The van der Waals surface area contributed by atoms with Gasteiger partial charge in [-0.1, -0.05) is 28.2 Å². The average Bonchev–Trinajstić information content (AvgIpc) is 1.65. The summed E-state index contributed by atoms with van der Waals surface area (Å²) in [7, 11) is 0. The number of carboxylic acid groups (broad SMARTS) is 1. The summed E-state index contributed by atoms with van der Waals surface area (Å²) in [4.78, 5) is 9.89. The van der Waals surface area contributed by atoms with Crippen LogP contribution in [0.1, 0.15) is 6.92 Å². The van der Waals surface area contributed by atoms with Crippen LogP contribution in [-0.2, 0) is 4.79 Å². The summed E-state index contributed by atoms with van der Waals surface area (Å²) in [5.41, 5.74) is 0.887. The van der Waals surface area contributed by atoms with Gasteiger partial charge in [0.25, 0.3) is 0 Å². The predicted octanol–water partition coefficient (Wildman–Crippen LogP) is 1.45. The summed E-state index contributed by atoms with van der Waals surface area (Å²) >= 11 is 2.12. The predicted molar refractivity (Wildman–Crippen MR) is 40.3 cm³/mol. The first-order valence-electron chi connectivity index (χ1n) is 2.13. The standard InChI is InChI=1S/C5H7IO2/c1-4(3-6)2-5(7)8/h2H,3H2,1H3,(H,7,8)/b4-2-. The van der Waals surface area contributed by atoms with Crippen LogP contribution in [0.3, 0.4) is 0 Å². The number of carboxylic acids is 1. The van der Waals surface area contributed by atoms with Gasteiger partial charge in [0.2, 0.25) is 0 Å². The zero-order valence-electron chi connectivity index (χ0n) is 4.52. The minimum atomic E-state index is -0.862. The van der Waals surface area contributed by atoms with Crippen molar-refractivity contribution in [3.8, 4) is 0 Å². The van der Waals surface area contributed by atoms with Gasteiger partial charge in [-0.05, 0) is 6.92 Å². The van der Waals surface area contributed by atoms with Gasteiger partial charge in [-0.15, -0.1) is 0 Å². The molecule has 0 aromatic carbocycles. The van der Waals surface area contributed by atoms with E-state index in [1.54, 1.807) is 6.92 Å². The van der Waals surface area contributed by atoms with E-state index in [9.17, 15) is 4.79 Å². The second kappa shape index (κ2) is 3.88. The Bertz CT molecular complexity index is 118. The molecule has 0 fully saturated rings. The molecule has 0 radical (unpaired) electrons. The highest BCUT2D eigenvalue weighted by molar-refractivity contribution is 14.1. The van der Waals surface area contributed by atoms with Crippen molar-refractivity contribution in [3.63, 3.8) is 0 Å². The second-order valence-electron chi connectivity index (χ2n) is 1.46. The average molecular weight is 226 g/mol. The highest BCUT2D eigenvalue weighted by Crippen LogP contribution is 1.96. The number of carbonyl (C=O) groups is 1. The molecule has 0 amide bonds. The Morgan fingerprint density at radius 1 is 1.88 bits per heavy atom. The van der Waals surface area contributed by atoms with E-state index >= 15 is 0 Å². The zero-order valence-corrected chi connectivity index (χ0v) is 6.68. The lowest BCUT2D eigenvalue weighted by atomic mass is 10.3. The van der Waals surface area contributed by atoms with Crippen molar-refractivity contribution < 1.29 is 9.90 Å². The number of hydrogen-bond acceptors (Lipinski definition) is 1. The molecule has 0 aromatic heterocycles. The van der Waals surface area contributed by atoms with Gasteiger partial charge in [0, 0.05) is 10.5 Å². The van der Waals surface area contributed by atoms with Crippen molar-refractivity contribution in [2.24, 2.45) is 0 Å². The van der Waals surface area contributed by atoms with Crippen molar-refractivity contribution in [2.75, 3.05) is 4.43 Å². The van der Waals surface area contributed by atoms with E-state index in [4.69, 9.17) is 5.11 Å². The Hall–Kier alpha value is -0.0600. The molecule has 0 aromatic rings. The fourth-order valence-corrected chi connectivity index (χ4v) is 0.470. The van der Waals surface area contributed by atoms with Crippen LogP contribution in [0.2, 0.25) is 0 Å². The summed E-state index contributed by atoms with van der Waals surface area (Å²) in [6.45, 7) is 1.79. The summed E-state index contributed by atoms with van der Waals surface area (Å²) in [6.07, 6.45) is 1.21. The number of rotatable bonds is 2. The van der Waals surface area contributed by atoms with Gasteiger partial charge in [0.1, 0.15) is 0 Å². The molecule has 0 heterocycles. The van der Waals surface area contributed by atoms with E-state index in [2.05, 4.69) is 22.6 Å². The summed E-state index contributed by atoms with van der Waals surface area (Å²) in [5, 5.41) is 8.14. The quantitative estimate of drug-likeness (QED) is 0.439. The van der Waals surface area contributed by atoms with Crippen LogP contribution in [0.25, 0.3) is 0 Å². The molecule has 0 saturated heterocycles. The Kier molecular flexibility index (Phi) is 3.85. The van der Waals surface area contributed by atoms with E-state index in [-0.39, 0.29) is 0 Å². The maximum atomic E-state index is 9.89. The molecule has 3 heteroatoms. The van der Waals surface area contributed by atoms with Gasteiger partial charge >= 0.3 is 5.97 Å². The van der Waals surface area contributed by atoms with Crippen molar-refractivity contribution in [1.82, 2.24) is 0 Å². The number of hydrogen-bond donors (Lipinski definition) is 1. The highest BCUT2D eigenvalue weighted by atomic mass is 127. The van der Waals surface area contributed by atoms with Gasteiger partial charge in [-0.2, -0.15) is 0 Å². The van der Waals surface area contributed by atoms with Crippen LogP contribution < -0.4 is 0 Å². The number of alkyl halides is 1.